The molecule has 3 aromatic heterocycles. The molecule has 10 nitrogen and oxygen atoms in total. The second kappa shape index (κ2) is 8.80. The van der Waals surface area contributed by atoms with Crippen LogP contribution in [0.15, 0.2) is 28.9 Å². The van der Waals surface area contributed by atoms with Gasteiger partial charge in [0, 0.05) is 18.4 Å². The van der Waals surface area contributed by atoms with Crippen molar-refractivity contribution in [3.05, 3.63) is 41.1 Å². The van der Waals surface area contributed by atoms with Crippen LogP contribution in [0, 0.1) is 6.92 Å². The molecule has 0 aliphatic heterocycles. The Labute approximate surface area is 191 Å². The summed E-state index contributed by atoms with van der Waals surface area (Å²) in [5.74, 6) is 2.13. The summed E-state index contributed by atoms with van der Waals surface area (Å²) in [6.07, 6.45) is 3.48. The maximum atomic E-state index is 13.3. The molecule has 0 spiro atoms. The predicted molar refractivity (Wildman–Crippen MR) is 119 cm³/mol. The zero-order valence-electron chi connectivity index (χ0n) is 18.2. The molecule has 32 heavy (non-hydrogen) atoms. The number of hydrogen-bond acceptors (Lipinski definition) is 8. The normalized spacial score (nSPS) is 16.3. The highest BCUT2D eigenvalue weighted by Gasteiger charge is 2.37. The van der Waals surface area contributed by atoms with E-state index in [2.05, 4.69) is 24.9 Å². The Morgan fingerprint density at radius 3 is 2.44 bits per heavy atom. The number of ether oxygens (including phenoxy) is 1. The fraction of sp³-hybridized carbons (Fsp3) is 0.500. The number of halogens is 1. The van der Waals surface area contributed by atoms with Gasteiger partial charge < -0.3 is 9.15 Å². The number of aromatic nitrogens is 5. The quantitative estimate of drug-likeness (QED) is 0.488. The summed E-state index contributed by atoms with van der Waals surface area (Å²) in [4.78, 5) is 8.34. The second-order valence-electron chi connectivity index (χ2n) is 8.08. The monoisotopic (exact) mass is 480 g/mol. The molecule has 0 amide bonds. The van der Waals surface area contributed by atoms with Crippen molar-refractivity contribution in [3.63, 3.8) is 0 Å². The van der Waals surface area contributed by atoms with Crippen molar-refractivity contribution in [2.45, 2.75) is 64.0 Å². The number of anilines is 1. The number of hydrogen-bond donors (Lipinski definition) is 1. The number of nitrogens with zero attached hydrogens (tertiary/aromatic N) is 5. The van der Waals surface area contributed by atoms with E-state index in [1.165, 1.54) is 12.4 Å². The molecule has 172 valence electrons. The van der Waals surface area contributed by atoms with E-state index >= 15 is 0 Å². The van der Waals surface area contributed by atoms with E-state index in [0.29, 0.717) is 16.6 Å². The number of sulfonamides is 1. The fourth-order valence-electron chi connectivity index (χ4n) is 3.29. The Kier molecular flexibility index (Phi) is 6.24. The van der Waals surface area contributed by atoms with E-state index in [-0.39, 0.29) is 23.9 Å². The first kappa shape index (κ1) is 22.7. The van der Waals surface area contributed by atoms with Crippen LogP contribution in [0.2, 0.25) is 5.02 Å². The van der Waals surface area contributed by atoms with Crippen LogP contribution < -0.4 is 4.72 Å². The Hall–Kier alpha value is -2.50. The molecular weight excluding hydrogens is 456 g/mol. The lowest BCUT2D eigenvalue weighted by atomic mass is 10.2. The molecule has 2 atom stereocenters. The van der Waals surface area contributed by atoms with E-state index in [1.54, 1.807) is 17.6 Å². The van der Waals surface area contributed by atoms with E-state index in [9.17, 15) is 8.42 Å². The maximum Gasteiger partial charge on any atom is 0.240 e. The molecule has 1 saturated carbocycles. The summed E-state index contributed by atoms with van der Waals surface area (Å²) < 4.78 is 42.6. The van der Waals surface area contributed by atoms with Crippen LogP contribution in [0.1, 0.15) is 57.3 Å². The molecule has 1 fully saturated rings. The maximum absolute atomic E-state index is 13.3. The van der Waals surface area contributed by atoms with Crippen molar-refractivity contribution >= 4 is 27.6 Å². The number of nitrogens with one attached hydrogen (secondary N) is 1. The van der Waals surface area contributed by atoms with E-state index in [4.69, 9.17) is 20.8 Å². The van der Waals surface area contributed by atoms with E-state index in [0.717, 1.165) is 18.6 Å². The molecule has 0 saturated heterocycles. The fourth-order valence-corrected chi connectivity index (χ4v) is 4.48. The van der Waals surface area contributed by atoms with Crippen molar-refractivity contribution in [1.82, 2.24) is 24.7 Å². The van der Waals surface area contributed by atoms with Gasteiger partial charge in [-0.25, -0.2) is 18.4 Å². The third kappa shape index (κ3) is 4.79. The molecule has 1 N–H and O–H groups in total. The number of aryl methyl sites for hydroxylation is 1. The van der Waals surface area contributed by atoms with Gasteiger partial charge in [-0.05, 0) is 52.7 Å². The van der Waals surface area contributed by atoms with Crippen LogP contribution in [0.5, 0.6) is 0 Å². The van der Waals surface area contributed by atoms with Gasteiger partial charge in [0.1, 0.15) is 17.1 Å². The first-order valence-electron chi connectivity index (χ1n) is 10.3. The van der Waals surface area contributed by atoms with Crippen LogP contribution >= 0.6 is 11.6 Å². The Morgan fingerprint density at radius 1 is 1.19 bits per heavy atom. The predicted octanol–water partition coefficient (Wildman–Crippen LogP) is 3.92. The first-order chi connectivity index (χ1) is 15.2. The van der Waals surface area contributed by atoms with Crippen molar-refractivity contribution in [2.24, 2.45) is 0 Å². The molecular formula is C20H25ClN6O4S. The van der Waals surface area contributed by atoms with Crippen LogP contribution in [0.25, 0.3) is 11.6 Å². The van der Waals surface area contributed by atoms with Crippen LogP contribution in [-0.2, 0) is 14.8 Å². The smallest absolute Gasteiger partial charge is 0.240 e. The number of furan rings is 1. The van der Waals surface area contributed by atoms with Crippen LogP contribution in [-0.4, -0.2) is 44.5 Å². The minimum absolute atomic E-state index is 0.112. The van der Waals surface area contributed by atoms with Gasteiger partial charge in [0.2, 0.25) is 21.8 Å². The highest BCUT2D eigenvalue weighted by Crippen LogP contribution is 2.41. The molecule has 12 heteroatoms. The summed E-state index contributed by atoms with van der Waals surface area (Å²) in [6.45, 7) is 7.01. The molecule has 1 aliphatic rings. The first-order valence-corrected chi connectivity index (χ1v) is 12.2. The summed E-state index contributed by atoms with van der Waals surface area (Å²) in [5.41, 5.74) is 0. The average molecular weight is 481 g/mol. The highest BCUT2D eigenvalue weighted by atomic mass is 35.5. The molecule has 0 radical (unpaired) electrons. The number of rotatable bonds is 9. The summed E-state index contributed by atoms with van der Waals surface area (Å²) in [7, 11) is -3.95. The summed E-state index contributed by atoms with van der Waals surface area (Å²) >= 11 is 5.88. The van der Waals surface area contributed by atoms with Gasteiger partial charge in [0.25, 0.3) is 0 Å². The molecule has 1 aliphatic carbocycles. The molecule has 0 unspecified atom stereocenters. The Morgan fingerprint density at radius 2 is 1.88 bits per heavy atom. The molecule has 0 aromatic carbocycles. The van der Waals surface area contributed by atoms with Gasteiger partial charge in [-0.1, -0.05) is 11.6 Å². The Balaban J connectivity index is 1.64. The van der Waals surface area contributed by atoms with E-state index < -0.39 is 21.4 Å². The molecule has 0 bridgehead atoms. The second-order valence-corrected chi connectivity index (χ2v) is 10.5. The van der Waals surface area contributed by atoms with Gasteiger partial charge in [0.15, 0.2) is 11.6 Å². The van der Waals surface area contributed by atoms with E-state index in [1.807, 2.05) is 26.8 Å². The topological polar surface area (TPSA) is 125 Å². The lowest BCUT2D eigenvalue weighted by Gasteiger charge is -2.25. The standard InChI is InChI=1S/C20H25ClN6O4S/c1-11(2)30-17(18-22-9-14(21)10-23-18)13(4)32(28,29)26-20-25-24-19(27(20)15-6-7-15)16-8-5-12(3)31-16/h5,8-11,13,15,17H,6-7H2,1-4H3,(H,25,26)/t13-,17+/m0/s1. The summed E-state index contributed by atoms with van der Waals surface area (Å²) in [5, 5.41) is 7.62. The minimum Gasteiger partial charge on any atom is -0.458 e. The highest BCUT2D eigenvalue weighted by molar-refractivity contribution is 7.93. The summed E-state index contributed by atoms with van der Waals surface area (Å²) in [6, 6.07) is 3.73. The third-order valence-corrected chi connectivity index (χ3v) is 6.92. The molecule has 3 heterocycles. The van der Waals surface area contributed by atoms with Gasteiger partial charge in [-0.3, -0.25) is 9.29 Å². The lowest BCUT2D eigenvalue weighted by molar-refractivity contribution is 0.00154. The van der Waals surface area contributed by atoms with Crippen molar-refractivity contribution in [3.8, 4) is 11.6 Å². The van der Waals surface area contributed by atoms with Crippen molar-refractivity contribution in [1.29, 1.82) is 0 Å². The zero-order valence-corrected chi connectivity index (χ0v) is 19.8. The molecule has 3 aromatic rings. The van der Waals surface area contributed by atoms with Gasteiger partial charge in [-0.2, -0.15) is 0 Å². The van der Waals surface area contributed by atoms with Crippen LogP contribution in [0.3, 0.4) is 0 Å². The zero-order chi connectivity index (χ0) is 23.0. The van der Waals surface area contributed by atoms with Gasteiger partial charge >= 0.3 is 0 Å². The largest absolute Gasteiger partial charge is 0.458 e. The van der Waals surface area contributed by atoms with Crippen molar-refractivity contribution in [2.75, 3.05) is 4.72 Å². The van der Waals surface area contributed by atoms with Crippen molar-refractivity contribution < 1.29 is 17.6 Å². The minimum atomic E-state index is -3.95. The lowest BCUT2D eigenvalue weighted by Crippen LogP contribution is -2.35. The average Bonchev–Trinajstić information content (AvgIpc) is 3.35. The van der Waals surface area contributed by atoms with Crippen LogP contribution in [0.4, 0.5) is 5.95 Å². The molecule has 4 rings (SSSR count). The Bertz CT molecular complexity index is 1190. The van der Waals surface area contributed by atoms with Gasteiger partial charge in [0.05, 0.1) is 11.1 Å². The SMILES string of the molecule is Cc1ccc(-c2nnc(NS(=O)(=O)[C@@H](C)[C@@H](OC(C)C)c3ncc(Cl)cn3)n2C2CC2)o1. The third-order valence-electron chi connectivity index (χ3n) is 5.03. The van der Waals surface area contributed by atoms with Gasteiger partial charge in [-0.15, -0.1) is 10.2 Å².